The average molecular weight is 253 g/mol. The lowest BCUT2D eigenvalue weighted by Crippen LogP contribution is -2.18. The molecule has 3 aromatic heterocycles. The first-order chi connectivity index (χ1) is 9.40. The van der Waals surface area contributed by atoms with Gasteiger partial charge >= 0.3 is 0 Å². The van der Waals surface area contributed by atoms with Crippen LogP contribution in [-0.4, -0.2) is 24.7 Å². The summed E-state index contributed by atoms with van der Waals surface area (Å²) in [5.41, 5.74) is 2.88. The molecule has 4 rings (SSSR count). The van der Waals surface area contributed by atoms with Gasteiger partial charge in [-0.05, 0) is 24.8 Å². The second kappa shape index (κ2) is 4.19. The minimum Gasteiger partial charge on any atom is -0.346 e. The molecule has 1 fully saturated rings. The molecule has 3 heterocycles. The zero-order valence-corrected chi connectivity index (χ0v) is 10.6. The van der Waals surface area contributed by atoms with Crippen LogP contribution in [0.3, 0.4) is 0 Å². The molecular weight excluding hydrogens is 238 g/mol. The molecule has 96 valence electrons. The van der Waals surface area contributed by atoms with Gasteiger partial charge in [-0.25, -0.2) is 9.97 Å². The van der Waals surface area contributed by atoms with Gasteiger partial charge in [0.1, 0.15) is 12.0 Å². The Morgan fingerprint density at radius 1 is 1.32 bits per heavy atom. The van der Waals surface area contributed by atoms with Crippen LogP contribution >= 0.6 is 0 Å². The number of fused-ring (bicyclic) bond motifs is 1. The Kier molecular flexibility index (Phi) is 2.36. The monoisotopic (exact) mass is 253 g/mol. The highest BCUT2D eigenvalue weighted by Gasteiger charge is 2.18. The molecule has 0 aromatic carbocycles. The number of hydrogen-bond acceptors (Lipinski definition) is 3. The van der Waals surface area contributed by atoms with Crippen molar-refractivity contribution in [3.63, 3.8) is 0 Å². The molecule has 1 aliphatic rings. The van der Waals surface area contributed by atoms with Crippen molar-refractivity contribution in [3.05, 3.63) is 31.0 Å². The Morgan fingerprint density at radius 3 is 3.11 bits per heavy atom. The maximum atomic E-state index is 4.45. The normalized spacial score (nSPS) is 15.8. The fraction of sp³-hybridized carbons (Fsp3) is 0.357. The van der Waals surface area contributed by atoms with E-state index in [1.165, 1.54) is 19.3 Å². The predicted octanol–water partition coefficient (Wildman–Crippen LogP) is 2.62. The number of rotatable bonds is 3. The van der Waals surface area contributed by atoms with Crippen LogP contribution in [0.25, 0.3) is 22.3 Å². The lowest BCUT2D eigenvalue weighted by Gasteiger charge is -2.24. The van der Waals surface area contributed by atoms with E-state index in [4.69, 9.17) is 0 Å². The lowest BCUT2D eigenvalue weighted by molar-refractivity contribution is 0.266. The van der Waals surface area contributed by atoms with Crippen LogP contribution in [0.5, 0.6) is 0 Å². The Labute approximate surface area is 110 Å². The molecule has 0 atom stereocenters. The summed E-state index contributed by atoms with van der Waals surface area (Å²) < 4.78 is 2.04. The van der Waals surface area contributed by atoms with Crippen LogP contribution in [0.1, 0.15) is 19.3 Å². The molecule has 5 nitrogen and oxygen atoms in total. The molecule has 0 amide bonds. The SMILES string of the molecule is c1nc(-c2cnn(CC3CCC3)c2)c2cc[nH]c2n1. The molecule has 0 bridgehead atoms. The van der Waals surface area contributed by atoms with Crippen LogP contribution in [0.15, 0.2) is 31.0 Å². The number of H-pyrrole nitrogens is 1. The van der Waals surface area contributed by atoms with Gasteiger partial charge in [-0.2, -0.15) is 5.10 Å². The standard InChI is InChI=1S/C14H15N5/c1-2-10(3-1)7-19-8-11(6-18-19)13-12-4-5-15-14(12)17-9-16-13/h4-6,8-10H,1-3,7H2,(H,15,16,17). The van der Waals surface area contributed by atoms with E-state index in [9.17, 15) is 0 Å². The number of nitrogens with zero attached hydrogens (tertiary/aromatic N) is 4. The van der Waals surface area contributed by atoms with Crippen molar-refractivity contribution in [2.75, 3.05) is 0 Å². The first kappa shape index (κ1) is 10.7. The molecule has 1 aliphatic carbocycles. The highest BCUT2D eigenvalue weighted by Crippen LogP contribution is 2.29. The molecule has 1 saturated carbocycles. The Bertz CT molecular complexity index is 707. The van der Waals surface area contributed by atoms with E-state index in [2.05, 4.69) is 26.2 Å². The van der Waals surface area contributed by atoms with Crippen molar-refractivity contribution in [2.24, 2.45) is 5.92 Å². The van der Waals surface area contributed by atoms with Crippen LogP contribution in [0, 0.1) is 5.92 Å². The summed E-state index contributed by atoms with van der Waals surface area (Å²) in [6.45, 7) is 1.03. The van der Waals surface area contributed by atoms with E-state index in [1.54, 1.807) is 6.33 Å². The van der Waals surface area contributed by atoms with Crippen molar-refractivity contribution in [3.8, 4) is 11.3 Å². The largest absolute Gasteiger partial charge is 0.346 e. The Balaban J connectivity index is 1.69. The van der Waals surface area contributed by atoms with Crippen LogP contribution in [-0.2, 0) is 6.54 Å². The Morgan fingerprint density at radius 2 is 2.26 bits per heavy atom. The third-order valence-corrected chi connectivity index (χ3v) is 3.93. The fourth-order valence-electron chi connectivity index (χ4n) is 2.63. The zero-order valence-electron chi connectivity index (χ0n) is 10.6. The molecular formula is C14H15N5. The average Bonchev–Trinajstić information content (AvgIpc) is 3.02. The van der Waals surface area contributed by atoms with E-state index >= 15 is 0 Å². The van der Waals surface area contributed by atoms with Gasteiger partial charge in [0.05, 0.1) is 11.9 Å². The number of aromatic amines is 1. The van der Waals surface area contributed by atoms with Gasteiger partial charge in [0.25, 0.3) is 0 Å². The van der Waals surface area contributed by atoms with Crippen molar-refractivity contribution < 1.29 is 0 Å². The van der Waals surface area contributed by atoms with Crippen molar-refractivity contribution in [2.45, 2.75) is 25.8 Å². The lowest BCUT2D eigenvalue weighted by atomic mass is 9.85. The molecule has 0 unspecified atom stereocenters. The van der Waals surface area contributed by atoms with Crippen LogP contribution in [0.4, 0.5) is 0 Å². The van der Waals surface area contributed by atoms with Gasteiger partial charge in [0.2, 0.25) is 0 Å². The predicted molar refractivity (Wildman–Crippen MR) is 72.5 cm³/mol. The van der Waals surface area contributed by atoms with Gasteiger partial charge in [-0.15, -0.1) is 0 Å². The third kappa shape index (κ3) is 1.82. The molecule has 19 heavy (non-hydrogen) atoms. The topological polar surface area (TPSA) is 59.4 Å². The van der Waals surface area contributed by atoms with E-state index in [1.807, 2.05) is 23.1 Å². The van der Waals surface area contributed by atoms with Crippen molar-refractivity contribution in [1.82, 2.24) is 24.7 Å². The highest BCUT2D eigenvalue weighted by atomic mass is 15.3. The second-order valence-electron chi connectivity index (χ2n) is 5.21. The summed E-state index contributed by atoms with van der Waals surface area (Å²) in [6.07, 6.45) is 11.5. The fourth-order valence-corrected chi connectivity index (χ4v) is 2.63. The first-order valence-corrected chi connectivity index (χ1v) is 6.71. The molecule has 1 N–H and O–H groups in total. The molecule has 0 spiro atoms. The molecule has 5 heteroatoms. The summed E-state index contributed by atoms with van der Waals surface area (Å²) in [5.74, 6) is 0.811. The molecule has 3 aromatic rings. The molecule has 0 saturated heterocycles. The second-order valence-corrected chi connectivity index (χ2v) is 5.21. The maximum Gasteiger partial charge on any atom is 0.141 e. The summed E-state index contributed by atoms with van der Waals surface area (Å²) in [7, 11) is 0. The molecule has 0 radical (unpaired) electrons. The van der Waals surface area contributed by atoms with Gasteiger partial charge in [-0.1, -0.05) is 6.42 Å². The maximum absolute atomic E-state index is 4.45. The van der Waals surface area contributed by atoms with E-state index in [0.717, 1.165) is 34.8 Å². The number of hydrogen-bond donors (Lipinski definition) is 1. The van der Waals surface area contributed by atoms with Crippen LogP contribution < -0.4 is 0 Å². The summed E-state index contributed by atoms with van der Waals surface area (Å²) in [4.78, 5) is 11.7. The van der Waals surface area contributed by atoms with Crippen LogP contribution in [0.2, 0.25) is 0 Å². The van der Waals surface area contributed by atoms with Crippen molar-refractivity contribution in [1.29, 1.82) is 0 Å². The van der Waals surface area contributed by atoms with Gasteiger partial charge in [0.15, 0.2) is 0 Å². The summed E-state index contributed by atoms with van der Waals surface area (Å²) in [5, 5.41) is 5.50. The minimum atomic E-state index is 0.811. The van der Waals surface area contributed by atoms with E-state index < -0.39 is 0 Å². The highest BCUT2D eigenvalue weighted by molar-refractivity contribution is 5.89. The summed E-state index contributed by atoms with van der Waals surface area (Å²) >= 11 is 0. The van der Waals surface area contributed by atoms with Gasteiger partial charge in [0, 0.05) is 29.9 Å². The van der Waals surface area contributed by atoms with E-state index in [-0.39, 0.29) is 0 Å². The smallest absolute Gasteiger partial charge is 0.141 e. The quantitative estimate of drug-likeness (QED) is 0.780. The van der Waals surface area contributed by atoms with Gasteiger partial charge < -0.3 is 4.98 Å². The van der Waals surface area contributed by atoms with Gasteiger partial charge in [-0.3, -0.25) is 4.68 Å². The summed E-state index contributed by atoms with van der Waals surface area (Å²) in [6, 6.07) is 2.01. The first-order valence-electron chi connectivity index (χ1n) is 6.71. The zero-order chi connectivity index (χ0) is 12.7. The number of nitrogens with one attached hydrogen (secondary N) is 1. The number of aromatic nitrogens is 5. The van der Waals surface area contributed by atoms with Crippen molar-refractivity contribution >= 4 is 11.0 Å². The Hall–Kier alpha value is -2.17. The molecule has 0 aliphatic heterocycles. The third-order valence-electron chi connectivity index (χ3n) is 3.93. The van der Waals surface area contributed by atoms with E-state index in [0.29, 0.717) is 0 Å². The minimum absolute atomic E-state index is 0.811.